The van der Waals surface area contributed by atoms with E-state index in [9.17, 15) is 9.90 Å². The lowest BCUT2D eigenvalue weighted by atomic mass is 9.83. The number of hydrogen-bond donors (Lipinski definition) is 2. The zero-order valence-corrected chi connectivity index (χ0v) is 10.2. The number of aliphatic carboxylic acids is 1. The van der Waals surface area contributed by atoms with E-state index in [1.54, 1.807) is 13.8 Å². The van der Waals surface area contributed by atoms with Crippen molar-refractivity contribution < 1.29 is 15.0 Å². The molecule has 0 aromatic carbocycles. The second-order valence-corrected chi connectivity index (χ2v) is 5.16. The largest absolute Gasteiger partial charge is 0.479 e. The molecular weight excluding hydrogens is 220 g/mol. The predicted octanol–water partition coefficient (Wildman–Crippen LogP) is 0.942. The SMILES string of the molecule is CC(C)(c1cn2c(n1)CCCC2)C(O)C(=O)O. The van der Waals surface area contributed by atoms with Crippen LogP contribution in [0.4, 0.5) is 0 Å². The fourth-order valence-corrected chi connectivity index (χ4v) is 2.17. The van der Waals surface area contributed by atoms with Crippen LogP contribution in [-0.2, 0) is 23.2 Å². The Bertz CT molecular complexity index is 413. The highest BCUT2D eigenvalue weighted by Gasteiger charge is 2.37. The van der Waals surface area contributed by atoms with Crippen LogP contribution in [-0.4, -0.2) is 31.8 Å². The summed E-state index contributed by atoms with van der Waals surface area (Å²) in [4.78, 5) is 15.3. The van der Waals surface area contributed by atoms with Crippen LogP contribution in [0.25, 0.3) is 0 Å². The molecule has 1 aliphatic rings. The Morgan fingerprint density at radius 3 is 2.82 bits per heavy atom. The number of imidazole rings is 1. The summed E-state index contributed by atoms with van der Waals surface area (Å²) in [5.41, 5.74) is -0.208. The van der Waals surface area contributed by atoms with Gasteiger partial charge in [0, 0.05) is 24.6 Å². The van der Waals surface area contributed by atoms with Crippen LogP contribution in [0.1, 0.15) is 38.2 Å². The van der Waals surface area contributed by atoms with Crippen LogP contribution in [0.2, 0.25) is 0 Å². The number of nitrogens with zero attached hydrogens (tertiary/aromatic N) is 2. The molecular formula is C12H18N2O3. The molecule has 5 nitrogen and oxygen atoms in total. The van der Waals surface area contributed by atoms with Crippen LogP contribution in [0, 0.1) is 0 Å². The summed E-state index contributed by atoms with van der Waals surface area (Å²) in [5.74, 6) is -0.210. The van der Waals surface area contributed by atoms with E-state index in [1.165, 1.54) is 0 Å². The first-order valence-corrected chi connectivity index (χ1v) is 5.90. The molecule has 1 atom stereocenters. The van der Waals surface area contributed by atoms with Gasteiger partial charge in [0.2, 0.25) is 0 Å². The molecule has 1 aromatic rings. The number of rotatable bonds is 3. The molecule has 0 saturated carbocycles. The highest BCUT2D eigenvalue weighted by Crippen LogP contribution is 2.28. The number of aromatic nitrogens is 2. The number of aryl methyl sites for hydroxylation is 2. The molecule has 1 unspecified atom stereocenters. The lowest BCUT2D eigenvalue weighted by Crippen LogP contribution is -2.40. The molecule has 0 aliphatic carbocycles. The first-order valence-electron chi connectivity index (χ1n) is 5.90. The molecule has 0 fully saturated rings. The average Bonchev–Trinajstić information content (AvgIpc) is 2.71. The average molecular weight is 238 g/mol. The van der Waals surface area contributed by atoms with E-state index in [-0.39, 0.29) is 0 Å². The first-order chi connectivity index (χ1) is 7.93. The summed E-state index contributed by atoms with van der Waals surface area (Å²) in [6.07, 6.45) is 3.63. The Balaban J connectivity index is 2.33. The van der Waals surface area contributed by atoms with E-state index in [2.05, 4.69) is 9.55 Å². The monoisotopic (exact) mass is 238 g/mol. The van der Waals surface area contributed by atoms with Gasteiger partial charge >= 0.3 is 5.97 Å². The third-order valence-corrected chi connectivity index (χ3v) is 3.49. The van der Waals surface area contributed by atoms with Crippen molar-refractivity contribution in [2.75, 3.05) is 0 Å². The predicted molar refractivity (Wildman–Crippen MR) is 61.8 cm³/mol. The quantitative estimate of drug-likeness (QED) is 0.821. The summed E-state index contributed by atoms with van der Waals surface area (Å²) in [7, 11) is 0. The topological polar surface area (TPSA) is 75.3 Å². The Morgan fingerprint density at radius 2 is 2.24 bits per heavy atom. The van der Waals surface area contributed by atoms with Gasteiger partial charge in [-0.25, -0.2) is 9.78 Å². The van der Waals surface area contributed by atoms with Gasteiger partial charge in [0.25, 0.3) is 0 Å². The third-order valence-electron chi connectivity index (χ3n) is 3.49. The second kappa shape index (κ2) is 4.14. The van der Waals surface area contributed by atoms with Crippen molar-refractivity contribution >= 4 is 5.97 Å². The van der Waals surface area contributed by atoms with Crippen molar-refractivity contribution in [3.63, 3.8) is 0 Å². The van der Waals surface area contributed by atoms with E-state index in [0.29, 0.717) is 5.69 Å². The molecule has 0 saturated heterocycles. The molecule has 1 aromatic heterocycles. The first kappa shape index (κ1) is 12.1. The summed E-state index contributed by atoms with van der Waals surface area (Å²) in [6, 6.07) is 0. The molecule has 0 spiro atoms. The standard InChI is InChI=1S/C12H18N2O3/c1-12(2,10(15)11(16)17)8-7-14-6-4-3-5-9(14)13-8/h7,10,15H,3-6H2,1-2H3,(H,16,17). The Hall–Kier alpha value is -1.36. The molecule has 0 radical (unpaired) electrons. The molecule has 0 amide bonds. The lowest BCUT2D eigenvalue weighted by molar-refractivity contribution is -0.150. The van der Waals surface area contributed by atoms with Gasteiger partial charge in [0.1, 0.15) is 5.82 Å². The summed E-state index contributed by atoms with van der Waals surface area (Å²) in [6.45, 7) is 4.35. The number of carbonyl (C=O) groups is 1. The van der Waals surface area contributed by atoms with Crippen LogP contribution >= 0.6 is 0 Å². The van der Waals surface area contributed by atoms with Crippen molar-refractivity contribution in [3.05, 3.63) is 17.7 Å². The summed E-state index contributed by atoms with van der Waals surface area (Å²) >= 11 is 0. The molecule has 0 bridgehead atoms. The van der Waals surface area contributed by atoms with Gasteiger partial charge < -0.3 is 14.8 Å². The van der Waals surface area contributed by atoms with Crippen molar-refractivity contribution in [2.45, 2.75) is 51.2 Å². The molecule has 1 aliphatic heterocycles. The maximum absolute atomic E-state index is 10.9. The van der Waals surface area contributed by atoms with Gasteiger partial charge in [-0.3, -0.25) is 0 Å². The fraction of sp³-hybridized carbons (Fsp3) is 0.667. The number of fused-ring (bicyclic) bond motifs is 1. The van der Waals surface area contributed by atoms with Crippen molar-refractivity contribution in [3.8, 4) is 0 Å². The van der Waals surface area contributed by atoms with Gasteiger partial charge in [0.05, 0.1) is 5.69 Å². The third kappa shape index (κ3) is 2.07. The van der Waals surface area contributed by atoms with Gasteiger partial charge in [-0.2, -0.15) is 0 Å². The zero-order valence-electron chi connectivity index (χ0n) is 10.2. The molecule has 17 heavy (non-hydrogen) atoms. The Labute approximate surface area is 100 Å². The molecule has 2 rings (SSSR count). The molecule has 2 heterocycles. The summed E-state index contributed by atoms with van der Waals surface area (Å²) in [5, 5.41) is 18.6. The second-order valence-electron chi connectivity index (χ2n) is 5.16. The molecule has 2 N–H and O–H groups in total. The Morgan fingerprint density at radius 1 is 1.53 bits per heavy atom. The van der Waals surface area contributed by atoms with E-state index < -0.39 is 17.5 Å². The van der Waals surface area contributed by atoms with Crippen LogP contribution in [0.15, 0.2) is 6.20 Å². The fourth-order valence-electron chi connectivity index (χ4n) is 2.17. The number of aliphatic hydroxyl groups excluding tert-OH is 1. The van der Waals surface area contributed by atoms with E-state index in [1.807, 2.05) is 6.20 Å². The molecule has 5 heteroatoms. The number of hydrogen-bond acceptors (Lipinski definition) is 3. The highest BCUT2D eigenvalue weighted by molar-refractivity contribution is 5.74. The maximum atomic E-state index is 10.9. The Kier molecular flexibility index (Phi) is 2.95. The number of carboxylic acids is 1. The van der Waals surface area contributed by atoms with Gasteiger partial charge in [0.15, 0.2) is 6.10 Å². The number of carboxylic acid groups (broad SMARTS) is 1. The minimum atomic E-state index is -1.43. The normalized spacial score (nSPS) is 17.6. The molecule has 94 valence electrons. The van der Waals surface area contributed by atoms with Gasteiger partial charge in [-0.05, 0) is 12.8 Å². The zero-order chi connectivity index (χ0) is 12.6. The number of aliphatic hydroxyl groups is 1. The van der Waals surface area contributed by atoms with Crippen LogP contribution < -0.4 is 0 Å². The van der Waals surface area contributed by atoms with Crippen LogP contribution in [0.5, 0.6) is 0 Å². The lowest BCUT2D eigenvalue weighted by Gasteiger charge is -2.25. The van der Waals surface area contributed by atoms with Crippen molar-refractivity contribution in [2.24, 2.45) is 0 Å². The minimum absolute atomic E-state index is 0.657. The van der Waals surface area contributed by atoms with E-state index >= 15 is 0 Å². The van der Waals surface area contributed by atoms with E-state index in [0.717, 1.165) is 31.6 Å². The van der Waals surface area contributed by atoms with Crippen molar-refractivity contribution in [1.82, 2.24) is 9.55 Å². The van der Waals surface area contributed by atoms with Gasteiger partial charge in [-0.15, -0.1) is 0 Å². The summed E-state index contributed by atoms with van der Waals surface area (Å²) < 4.78 is 2.06. The smallest absolute Gasteiger partial charge is 0.333 e. The van der Waals surface area contributed by atoms with Gasteiger partial charge in [-0.1, -0.05) is 13.8 Å². The van der Waals surface area contributed by atoms with Crippen LogP contribution in [0.3, 0.4) is 0 Å². The highest BCUT2D eigenvalue weighted by atomic mass is 16.4. The minimum Gasteiger partial charge on any atom is -0.479 e. The van der Waals surface area contributed by atoms with E-state index in [4.69, 9.17) is 5.11 Å². The maximum Gasteiger partial charge on any atom is 0.333 e. The van der Waals surface area contributed by atoms with Crippen molar-refractivity contribution in [1.29, 1.82) is 0 Å².